The molecule has 1 aromatic heterocycles. The van der Waals surface area contributed by atoms with E-state index in [4.69, 9.17) is 10.6 Å². The summed E-state index contributed by atoms with van der Waals surface area (Å²) in [6, 6.07) is 5.73. The summed E-state index contributed by atoms with van der Waals surface area (Å²) in [6.45, 7) is 4.01. The fraction of sp³-hybridized carbons (Fsp3) is 0.286. The molecule has 106 valence electrons. The van der Waals surface area contributed by atoms with Crippen LogP contribution in [0.25, 0.3) is 11.4 Å². The fourth-order valence-corrected chi connectivity index (χ4v) is 2.61. The number of ether oxygens (including phenoxy) is 1. The molecule has 1 heterocycles. The molecule has 0 aliphatic heterocycles. The van der Waals surface area contributed by atoms with Crippen LogP contribution in [0, 0.1) is 6.92 Å². The van der Waals surface area contributed by atoms with E-state index in [0.29, 0.717) is 11.6 Å². The van der Waals surface area contributed by atoms with E-state index < -0.39 is 0 Å². The monoisotopic (exact) mass is 336 g/mol. The van der Waals surface area contributed by atoms with Crippen LogP contribution in [0.4, 0.5) is 5.82 Å². The summed E-state index contributed by atoms with van der Waals surface area (Å²) in [5.41, 5.74) is 5.51. The van der Waals surface area contributed by atoms with E-state index in [1.54, 1.807) is 7.11 Å². The van der Waals surface area contributed by atoms with E-state index in [1.807, 2.05) is 25.1 Å². The van der Waals surface area contributed by atoms with Gasteiger partial charge in [0.25, 0.3) is 0 Å². The number of aromatic nitrogens is 2. The lowest BCUT2D eigenvalue weighted by atomic mass is 10.1. The summed E-state index contributed by atoms with van der Waals surface area (Å²) in [4.78, 5) is 9.03. The van der Waals surface area contributed by atoms with Gasteiger partial charge in [0, 0.05) is 16.8 Å². The Hall–Kier alpha value is -1.66. The predicted octanol–water partition coefficient (Wildman–Crippen LogP) is 3.07. The number of nitrogens with two attached hydrogens (primary N) is 1. The van der Waals surface area contributed by atoms with Crippen LogP contribution in [-0.2, 0) is 6.42 Å². The van der Waals surface area contributed by atoms with Crippen molar-refractivity contribution in [2.45, 2.75) is 20.3 Å². The van der Waals surface area contributed by atoms with Gasteiger partial charge in [0.15, 0.2) is 5.82 Å². The van der Waals surface area contributed by atoms with E-state index in [1.165, 1.54) is 0 Å². The van der Waals surface area contributed by atoms with E-state index in [0.717, 1.165) is 33.5 Å². The number of nitrogen functional groups attached to an aromatic ring is 1. The van der Waals surface area contributed by atoms with Gasteiger partial charge < -0.3 is 10.2 Å². The largest absolute Gasteiger partial charge is 0.496 e. The van der Waals surface area contributed by atoms with Gasteiger partial charge in [-0.05, 0) is 47.5 Å². The van der Waals surface area contributed by atoms with Gasteiger partial charge in [0.2, 0.25) is 0 Å². The second-order valence-corrected chi connectivity index (χ2v) is 5.16. The molecular weight excluding hydrogens is 320 g/mol. The van der Waals surface area contributed by atoms with Gasteiger partial charge in [-0.15, -0.1) is 0 Å². The molecule has 20 heavy (non-hydrogen) atoms. The molecule has 2 rings (SSSR count). The molecule has 2 aromatic rings. The normalized spacial score (nSPS) is 10.4. The van der Waals surface area contributed by atoms with E-state index >= 15 is 0 Å². The number of hydrogen-bond donors (Lipinski definition) is 2. The number of anilines is 1. The first-order valence-corrected chi connectivity index (χ1v) is 7.08. The van der Waals surface area contributed by atoms with Crippen molar-refractivity contribution < 1.29 is 4.74 Å². The number of halogens is 1. The Balaban J connectivity index is 2.53. The summed E-state index contributed by atoms with van der Waals surface area (Å²) in [6.07, 6.45) is 0.831. The van der Waals surface area contributed by atoms with Gasteiger partial charge in [-0.2, -0.15) is 0 Å². The van der Waals surface area contributed by atoms with Crippen LogP contribution < -0.4 is 16.0 Å². The smallest absolute Gasteiger partial charge is 0.161 e. The number of hydrogen-bond acceptors (Lipinski definition) is 5. The van der Waals surface area contributed by atoms with Crippen molar-refractivity contribution >= 4 is 21.7 Å². The van der Waals surface area contributed by atoms with Crippen molar-refractivity contribution in [3.05, 3.63) is 33.9 Å². The zero-order chi connectivity index (χ0) is 14.7. The molecular formula is C14H17BrN4O. The maximum atomic E-state index is 5.55. The molecule has 0 unspecified atom stereocenters. The van der Waals surface area contributed by atoms with Crippen LogP contribution in [0.3, 0.4) is 0 Å². The highest BCUT2D eigenvalue weighted by molar-refractivity contribution is 9.10. The highest BCUT2D eigenvalue weighted by Crippen LogP contribution is 2.30. The van der Waals surface area contributed by atoms with Gasteiger partial charge in [0.05, 0.1) is 11.6 Å². The third-order valence-electron chi connectivity index (χ3n) is 3.11. The SMILES string of the molecule is CCc1c(C)nc(-c2ccc(OC)c(Br)c2)nc1NN. The molecule has 3 N–H and O–H groups in total. The number of methoxy groups -OCH3 is 1. The molecule has 0 aliphatic rings. The maximum absolute atomic E-state index is 5.55. The zero-order valence-electron chi connectivity index (χ0n) is 11.7. The number of aryl methyl sites for hydroxylation is 1. The summed E-state index contributed by atoms with van der Waals surface area (Å²) in [7, 11) is 1.63. The zero-order valence-corrected chi connectivity index (χ0v) is 13.3. The standard InChI is InChI=1S/C14H17BrN4O/c1-4-10-8(2)17-13(18-14(10)19-16)9-5-6-12(20-3)11(15)7-9/h5-7H,4,16H2,1-3H3,(H,17,18,19). The highest BCUT2D eigenvalue weighted by Gasteiger charge is 2.12. The number of benzene rings is 1. The van der Waals surface area contributed by atoms with Gasteiger partial charge in [-0.25, -0.2) is 15.8 Å². The van der Waals surface area contributed by atoms with Crippen LogP contribution in [0.1, 0.15) is 18.2 Å². The summed E-state index contributed by atoms with van der Waals surface area (Å²) >= 11 is 3.47. The van der Waals surface area contributed by atoms with Gasteiger partial charge in [0.1, 0.15) is 11.6 Å². The molecule has 0 saturated heterocycles. The van der Waals surface area contributed by atoms with Crippen LogP contribution in [0.2, 0.25) is 0 Å². The Morgan fingerprint density at radius 2 is 2.10 bits per heavy atom. The molecule has 0 saturated carbocycles. The lowest BCUT2D eigenvalue weighted by molar-refractivity contribution is 0.412. The fourth-order valence-electron chi connectivity index (χ4n) is 2.07. The lowest BCUT2D eigenvalue weighted by Gasteiger charge is -2.12. The minimum absolute atomic E-state index is 0.635. The number of hydrazine groups is 1. The van der Waals surface area contributed by atoms with Crippen LogP contribution in [0.5, 0.6) is 5.75 Å². The molecule has 0 amide bonds. The molecule has 5 nitrogen and oxygen atoms in total. The molecule has 0 bridgehead atoms. The topological polar surface area (TPSA) is 73.1 Å². The van der Waals surface area contributed by atoms with Crippen molar-refractivity contribution in [2.24, 2.45) is 5.84 Å². The molecule has 0 spiro atoms. The lowest BCUT2D eigenvalue weighted by Crippen LogP contribution is -2.13. The van der Waals surface area contributed by atoms with Crippen molar-refractivity contribution in [3.8, 4) is 17.1 Å². The average Bonchev–Trinajstić information content (AvgIpc) is 2.46. The first-order valence-electron chi connectivity index (χ1n) is 6.28. The molecule has 0 fully saturated rings. The average molecular weight is 337 g/mol. The Morgan fingerprint density at radius 1 is 1.35 bits per heavy atom. The Morgan fingerprint density at radius 3 is 2.65 bits per heavy atom. The van der Waals surface area contributed by atoms with Crippen molar-refractivity contribution in [2.75, 3.05) is 12.5 Å². The number of nitrogens with one attached hydrogen (secondary N) is 1. The molecule has 0 radical (unpaired) electrons. The maximum Gasteiger partial charge on any atom is 0.161 e. The number of rotatable bonds is 4. The van der Waals surface area contributed by atoms with Crippen molar-refractivity contribution in [1.82, 2.24) is 9.97 Å². The van der Waals surface area contributed by atoms with E-state index in [9.17, 15) is 0 Å². The van der Waals surface area contributed by atoms with E-state index in [-0.39, 0.29) is 0 Å². The van der Waals surface area contributed by atoms with Gasteiger partial charge in [-0.1, -0.05) is 6.92 Å². The van der Waals surface area contributed by atoms with Crippen LogP contribution in [-0.4, -0.2) is 17.1 Å². The second-order valence-electron chi connectivity index (χ2n) is 4.31. The quantitative estimate of drug-likeness (QED) is 0.663. The number of nitrogens with zero attached hydrogens (tertiary/aromatic N) is 2. The third kappa shape index (κ3) is 2.76. The molecule has 0 atom stereocenters. The second kappa shape index (κ2) is 6.19. The van der Waals surface area contributed by atoms with Crippen molar-refractivity contribution in [1.29, 1.82) is 0 Å². The summed E-state index contributed by atoms with van der Waals surface area (Å²) in [5.74, 6) is 7.62. The van der Waals surface area contributed by atoms with Crippen LogP contribution in [0.15, 0.2) is 22.7 Å². The Kier molecular flexibility index (Phi) is 4.57. The molecule has 6 heteroatoms. The highest BCUT2D eigenvalue weighted by atomic mass is 79.9. The van der Waals surface area contributed by atoms with Crippen molar-refractivity contribution in [3.63, 3.8) is 0 Å². The minimum atomic E-state index is 0.635. The summed E-state index contributed by atoms with van der Waals surface area (Å²) < 4.78 is 6.08. The molecule has 1 aromatic carbocycles. The van der Waals surface area contributed by atoms with Gasteiger partial charge in [-0.3, -0.25) is 0 Å². The molecule has 0 aliphatic carbocycles. The van der Waals surface area contributed by atoms with Gasteiger partial charge >= 0.3 is 0 Å². The van der Waals surface area contributed by atoms with Crippen LogP contribution >= 0.6 is 15.9 Å². The predicted molar refractivity (Wildman–Crippen MR) is 83.6 cm³/mol. The first-order chi connectivity index (χ1) is 9.60. The minimum Gasteiger partial charge on any atom is -0.496 e. The third-order valence-corrected chi connectivity index (χ3v) is 3.73. The summed E-state index contributed by atoms with van der Waals surface area (Å²) in [5, 5.41) is 0. The first kappa shape index (κ1) is 14.7. The Bertz CT molecular complexity index is 631. The van der Waals surface area contributed by atoms with E-state index in [2.05, 4.69) is 38.2 Å². The Labute approximate surface area is 126 Å².